The third kappa shape index (κ3) is 3.67. The van der Waals surface area contributed by atoms with E-state index in [1.165, 1.54) is 88.4 Å². The Balaban J connectivity index is 1.04. The van der Waals surface area contributed by atoms with E-state index < -0.39 is 0 Å². The SMILES string of the molecule is c1ccc2c(c1)-c1cc(c3c4ccccc4c4ccccc4n13)N2c1ccc(-c2ccc(-n3c4ccccc4c4ccccc43)cc2)cc1. The Morgan fingerprint density at radius 2 is 0.837 bits per heavy atom. The van der Waals surface area contributed by atoms with E-state index in [0.29, 0.717) is 0 Å². The van der Waals surface area contributed by atoms with Gasteiger partial charge in [0.1, 0.15) is 0 Å². The summed E-state index contributed by atoms with van der Waals surface area (Å²) in [6, 6.07) is 64.2. The number of nitrogens with zero attached hydrogens (tertiary/aromatic N) is 3. The Morgan fingerprint density at radius 1 is 0.347 bits per heavy atom. The summed E-state index contributed by atoms with van der Waals surface area (Å²) in [5.41, 5.74) is 14.5. The lowest BCUT2D eigenvalue weighted by Gasteiger charge is -2.28. The van der Waals surface area contributed by atoms with Crippen molar-refractivity contribution in [2.45, 2.75) is 0 Å². The Morgan fingerprint density at radius 3 is 1.49 bits per heavy atom. The van der Waals surface area contributed by atoms with E-state index in [1.54, 1.807) is 0 Å². The molecular weight excluding hydrogens is 595 g/mol. The number of anilines is 3. The van der Waals surface area contributed by atoms with Crippen LogP contribution < -0.4 is 4.90 Å². The number of hydrogen-bond donors (Lipinski definition) is 0. The molecule has 228 valence electrons. The van der Waals surface area contributed by atoms with Crippen molar-refractivity contribution in [1.29, 1.82) is 0 Å². The average Bonchev–Trinajstić information content (AvgIpc) is 3.70. The maximum Gasteiger partial charge on any atom is 0.0782 e. The highest BCUT2D eigenvalue weighted by atomic mass is 15.2. The van der Waals surface area contributed by atoms with E-state index in [1.807, 2.05) is 0 Å². The Kier molecular flexibility index (Phi) is 5.38. The molecule has 3 heteroatoms. The van der Waals surface area contributed by atoms with Gasteiger partial charge in [-0.15, -0.1) is 0 Å². The van der Waals surface area contributed by atoms with Crippen molar-refractivity contribution in [2.75, 3.05) is 4.90 Å². The van der Waals surface area contributed by atoms with Crippen molar-refractivity contribution in [3.05, 3.63) is 176 Å². The van der Waals surface area contributed by atoms with Gasteiger partial charge in [0.2, 0.25) is 0 Å². The third-order valence-corrected chi connectivity index (χ3v) is 10.4. The summed E-state index contributed by atoms with van der Waals surface area (Å²) in [6.45, 7) is 0. The van der Waals surface area contributed by atoms with E-state index in [2.05, 4.69) is 190 Å². The van der Waals surface area contributed by atoms with Crippen LogP contribution in [-0.4, -0.2) is 8.97 Å². The van der Waals surface area contributed by atoms with Gasteiger partial charge < -0.3 is 13.9 Å². The fourth-order valence-corrected chi connectivity index (χ4v) is 8.30. The van der Waals surface area contributed by atoms with E-state index in [9.17, 15) is 0 Å². The van der Waals surface area contributed by atoms with Gasteiger partial charge in [0.05, 0.1) is 39.1 Å². The lowest BCUT2D eigenvalue weighted by molar-refractivity contribution is 1.18. The largest absolute Gasteiger partial charge is 0.309 e. The summed E-state index contributed by atoms with van der Waals surface area (Å²) in [5.74, 6) is 0. The summed E-state index contributed by atoms with van der Waals surface area (Å²) >= 11 is 0. The molecule has 49 heavy (non-hydrogen) atoms. The number of rotatable bonds is 3. The zero-order chi connectivity index (χ0) is 32.1. The van der Waals surface area contributed by atoms with Crippen molar-refractivity contribution < 1.29 is 0 Å². The van der Waals surface area contributed by atoms with Crippen molar-refractivity contribution in [3.8, 4) is 28.1 Å². The van der Waals surface area contributed by atoms with Crippen LogP contribution in [0.4, 0.5) is 17.1 Å². The molecule has 1 aliphatic heterocycles. The van der Waals surface area contributed by atoms with Gasteiger partial charge in [0.15, 0.2) is 0 Å². The maximum absolute atomic E-state index is 2.47. The predicted octanol–water partition coefficient (Wildman–Crippen LogP) is 12.5. The van der Waals surface area contributed by atoms with Crippen LogP contribution in [0.1, 0.15) is 0 Å². The molecule has 0 radical (unpaired) electrons. The molecule has 0 saturated carbocycles. The molecule has 0 fully saturated rings. The van der Waals surface area contributed by atoms with Crippen molar-refractivity contribution in [3.63, 3.8) is 0 Å². The summed E-state index contributed by atoms with van der Waals surface area (Å²) in [7, 11) is 0. The second-order valence-corrected chi connectivity index (χ2v) is 13.0. The van der Waals surface area contributed by atoms with Crippen LogP contribution in [0.5, 0.6) is 0 Å². The molecule has 0 atom stereocenters. The lowest BCUT2D eigenvalue weighted by atomic mass is 10.0. The van der Waals surface area contributed by atoms with Crippen molar-refractivity contribution >= 4 is 66.1 Å². The molecule has 3 aromatic heterocycles. The van der Waals surface area contributed by atoms with Gasteiger partial charge >= 0.3 is 0 Å². The molecule has 0 spiro atoms. The Hall–Kier alpha value is -6.58. The molecule has 0 unspecified atom stereocenters. The van der Waals surface area contributed by atoms with Gasteiger partial charge in [0.25, 0.3) is 0 Å². The van der Waals surface area contributed by atoms with Crippen LogP contribution in [0.15, 0.2) is 176 Å². The smallest absolute Gasteiger partial charge is 0.0782 e. The molecule has 10 aromatic rings. The Labute approximate surface area is 283 Å². The molecule has 3 nitrogen and oxygen atoms in total. The molecule has 0 amide bonds. The molecule has 2 bridgehead atoms. The van der Waals surface area contributed by atoms with Crippen LogP contribution in [0.3, 0.4) is 0 Å². The highest BCUT2D eigenvalue weighted by Crippen LogP contribution is 2.52. The number of para-hydroxylation sites is 4. The standard InChI is InChI=1S/C46H29N3/c1-2-15-38-34(11-1)35-12-3-9-19-42(35)49-44-29-45(46(38)49)48(43-20-10-6-16-39(43)44)33-27-23-31(24-28-33)30-21-25-32(26-22-30)47-40-17-7-4-13-36(40)37-14-5-8-18-41(37)47/h1-29H. The van der Waals surface area contributed by atoms with E-state index >= 15 is 0 Å². The van der Waals surface area contributed by atoms with Crippen LogP contribution in [0, 0.1) is 0 Å². The van der Waals surface area contributed by atoms with Crippen LogP contribution in [0.25, 0.3) is 77.1 Å². The number of pyridine rings is 1. The van der Waals surface area contributed by atoms with Crippen LogP contribution in [0.2, 0.25) is 0 Å². The summed E-state index contributed by atoms with van der Waals surface area (Å²) < 4.78 is 4.84. The fourth-order valence-electron chi connectivity index (χ4n) is 8.30. The fraction of sp³-hybridized carbons (Fsp3) is 0. The van der Waals surface area contributed by atoms with Crippen molar-refractivity contribution in [1.82, 2.24) is 8.97 Å². The molecule has 0 N–H and O–H groups in total. The minimum Gasteiger partial charge on any atom is -0.309 e. The topological polar surface area (TPSA) is 12.6 Å². The first-order valence-electron chi connectivity index (χ1n) is 16.9. The molecule has 11 rings (SSSR count). The second kappa shape index (κ2) is 9.96. The highest BCUT2D eigenvalue weighted by molar-refractivity contribution is 6.19. The van der Waals surface area contributed by atoms with Gasteiger partial charge in [-0.25, -0.2) is 0 Å². The molecule has 0 saturated heterocycles. The highest BCUT2D eigenvalue weighted by Gasteiger charge is 2.29. The summed E-state index contributed by atoms with van der Waals surface area (Å²) in [4.78, 5) is 2.44. The van der Waals surface area contributed by atoms with Crippen molar-refractivity contribution in [2.24, 2.45) is 0 Å². The zero-order valence-corrected chi connectivity index (χ0v) is 26.6. The van der Waals surface area contributed by atoms with E-state index in [-0.39, 0.29) is 0 Å². The normalized spacial score (nSPS) is 12.4. The first-order chi connectivity index (χ1) is 24.3. The van der Waals surface area contributed by atoms with Gasteiger partial charge in [-0.2, -0.15) is 0 Å². The number of fused-ring (bicyclic) bond motifs is 8. The number of benzene rings is 7. The molecular formula is C46H29N3. The number of hydrogen-bond acceptors (Lipinski definition) is 1. The first-order valence-corrected chi connectivity index (χ1v) is 16.9. The summed E-state index contributed by atoms with van der Waals surface area (Å²) in [6.07, 6.45) is 0. The summed E-state index contributed by atoms with van der Waals surface area (Å²) in [5, 5.41) is 6.37. The molecule has 7 aromatic carbocycles. The van der Waals surface area contributed by atoms with E-state index in [0.717, 1.165) is 5.69 Å². The maximum atomic E-state index is 2.47. The average molecular weight is 624 g/mol. The van der Waals surface area contributed by atoms with Gasteiger partial charge in [-0.1, -0.05) is 121 Å². The molecule has 1 aliphatic rings. The monoisotopic (exact) mass is 623 g/mol. The predicted molar refractivity (Wildman–Crippen MR) is 206 cm³/mol. The van der Waals surface area contributed by atoms with Gasteiger partial charge in [-0.3, -0.25) is 0 Å². The second-order valence-electron chi connectivity index (χ2n) is 13.0. The van der Waals surface area contributed by atoms with Gasteiger partial charge in [-0.05, 0) is 71.1 Å². The first kappa shape index (κ1) is 26.5. The van der Waals surface area contributed by atoms with Crippen LogP contribution >= 0.6 is 0 Å². The van der Waals surface area contributed by atoms with Crippen LogP contribution in [-0.2, 0) is 0 Å². The zero-order valence-electron chi connectivity index (χ0n) is 26.6. The number of aromatic nitrogens is 2. The van der Waals surface area contributed by atoms with Gasteiger partial charge in [0, 0.05) is 38.5 Å². The minimum absolute atomic E-state index is 1.15. The minimum atomic E-state index is 1.15. The lowest BCUT2D eigenvalue weighted by Crippen LogP contribution is -2.12. The Bertz CT molecular complexity index is 2870. The molecule has 0 aliphatic carbocycles. The third-order valence-electron chi connectivity index (χ3n) is 10.4. The quantitative estimate of drug-likeness (QED) is 0.178. The van der Waals surface area contributed by atoms with E-state index in [4.69, 9.17) is 0 Å². The molecule has 4 heterocycles.